The van der Waals surface area contributed by atoms with Crippen molar-refractivity contribution in [3.05, 3.63) is 10.6 Å². The van der Waals surface area contributed by atoms with Crippen molar-refractivity contribution < 1.29 is 13.2 Å². The number of rotatable bonds is 5. The third kappa shape index (κ3) is 4.59. The molecule has 1 atom stereocenters. The van der Waals surface area contributed by atoms with Gasteiger partial charge in [-0.1, -0.05) is 18.3 Å². The standard InChI is InChI=1S/C10H16F3N3S/c1-6(2)8-9(17-16-15-8)7(14)4-3-5-10(11,12)13/h6-7H,3-5,14H2,1-2H3. The van der Waals surface area contributed by atoms with Crippen LogP contribution in [-0.2, 0) is 0 Å². The minimum atomic E-state index is -4.10. The van der Waals surface area contributed by atoms with Crippen LogP contribution < -0.4 is 5.73 Å². The first-order valence-corrected chi connectivity index (χ1v) is 6.23. The Kier molecular flexibility index (Phi) is 4.88. The molecule has 0 bridgehead atoms. The van der Waals surface area contributed by atoms with Gasteiger partial charge in [-0.2, -0.15) is 13.2 Å². The molecule has 17 heavy (non-hydrogen) atoms. The Bertz CT molecular complexity index is 349. The maximum absolute atomic E-state index is 12.0. The predicted octanol–water partition coefficient (Wildman–Crippen LogP) is 3.39. The molecule has 1 unspecified atom stereocenters. The van der Waals surface area contributed by atoms with Crippen LogP contribution in [0.4, 0.5) is 13.2 Å². The lowest BCUT2D eigenvalue weighted by Gasteiger charge is -2.12. The second-order valence-electron chi connectivity index (χ2n) is 4.29. The molecule has 0 aliphatic carbocycles. The summed E-state index contributed by atoms with van der Waals surface area (Å²) in [5.74, 6) is 0.192. The average molecular weight is 267 g/mol. The predicted molar refractivity (Wildman–Crippen MR) is 60.8 cm³/mol. The molecule has 0 amide bonds. The number of hydrogen-bond donors (Lipinski definition) is 1. The lowest BCUT2D eigenvalue weighted by Crippen LogP contribution is -2.14. The summed E-state index contributed by atoms with van der Waals surface area (Å²) in [6.45, 7) is 3.92. The van der Waals surface area contributed by atoms with Gasteiger partial charge in [0.15, 0.2) is 0 Å². The van der Waals surface area contributed by atoms with Gasteiger partial charge in [0.05, 0.1) is 10.6 Å². The van der Waals surface area contributed by atoms with E-state index in [1.165, 1.54) is 11.5 Å². The van der Waals surface area contributed by atoms with E-state index >= 15 is 0 Å². The smallest absolute Gasteiger partial charge is 0.323 e. The van der Waals surface area contributed by atoms with Crippen molar-refractivity contribution in [1.29, 1.82) is 0 Å². The molecule has 1 aromatic rings. The van der Waals surface area contributed by atoms with Crippen LogP contribution in [0.25, 0.3) is 0 Å². The van der Waals surface area contributed by atoms with Crippen molar-refractivity contribution in [3.63, 3.8) is 0 Å². The van der Waals surface area contributed by atoms with Gasteiger partial charge in [-0.25, -0.2) is 0 Å². The van der Waals surface area contributed by atoms with Crippen LogP contribution in [-0.4, -0.2) is 15.8 Å². The Hall–Kier alpha value is -0.690. The molecule has 0 spiro atoms. The van der Waals surface area contributed by atoms with Crippen molar-refractivity contribution in [2.75, 3.05) is 0 Å². The summed E-state index contributed by atoms with van der Waals surface area (Å²) < 4.78 is 39.8. The lowest BCUT2D eigenvalue weighted by molar-refractivity contribution is -0.135. The van der Waals surface area contributed by atoms with Gasteiger partial charge in [0.1, 0.15) is 0 Å². The molecule has 0 aromatic carbocycles. The monoisotopic (exact) mass is 267 g/mol. The van der Waals surface area contributed by atoms with Crippen LogP contribution in [0.2, 0.25) is 0 Å². The highest BCUT2D eigenvalue weighted by molar-refractivity contribution is 7.05. The van der Waals surface area contributed by atoms with E-state index in [2.05, 4.69) is 9.59 Å². The fourth-order valence-corrected chi connectivity index (χ4v) is 2.36. The van der Waals surface area contributed by atoms with Gasteiger partial charge >= 0.3 is 6.18 Å². The van der Waals surface area contributed by atoms with Crippen LogP contribution in [0.1, 0.15) is 55.6 Å². The number of alkyl halides is 3. The highest BCUT2D eigenvalue weighted by atomic mass is 32.1. The van der Waals surface area contributed by atoms with Gasteiger partial charge in [-0.15, -0.1) is 5.10 Å². The van der Waals surface area contributed by atoms with Crippen molar-refractivity contribution in [1.82, 2.24) is 9.59 Å². The first-order valence-electron chi connectivity index (χ1n) is 5.45. The normalized spacial score (nSPS) is 14.3. The fourth-order valence-electron chi connectivity index (χ4n) is 1.52. The van der Waals surface area contributed by atoms with E-state index in [0.29, 0.717) is 6.42 Å². The highest BCUT2D eigenvalue weighted by Gasteiger charge is 2.27. The summed E-state index contributed by atoms with van der Waals surface area (Å²) in [6, 6.07) is -0.394. The minimum Gasteiger partial charge on any atom is -0.323 e. The Morgan fingerprint density at radius 1 is 1.35 bits per heavy atom. The Balaban J connectivity index is 2.52. The molecule has 7 heteroatoms. The molecule has 0 aliphatic heterocycles. The van der Waals surface area contributed by atoms with Gasteiger partial charge in [0.25, 0.3) is 0 Å². The minimum absolute atomic E-state index is 0.0418. The van der Waals surface area contributed by atoms with Crippen molar-refractivity contribution in [2.24, 2.45) is 5.73 Å². The maximum atomic E-state index is 12.0. The van der Waals surface area contributed by atoms with E-state index in [0.717, 1.165) is 10.6 Å². The zero-order chi connectivity index (χ0) is 13.1. The molecular weight excluding hydrogens is 251 g/mol. The summed E-state index contributed by atoms with van der Waals surface area (Å²) in [4.78, 5) is 0.808. The molecule has 0 aliphatic rings. The van der Waals surface area contributed by atoms with E-state index in [4.69, 9.17) is 5.73 Å². The van der Waals surface area contributed by atoms with Gasteiger partial charge in [0, 0.05) is 12.5 Å². The molecule has 0 saturated heterocycles. The topological polar surface area (TPSA) is 51.8 Å². The van der Waals surface area contributed by atoms with Crippen molar-refractivity contribution in [2.45, 2.75) is 51.2 Å². The summed E-state index contributed by atoms with van der Waals surface area (Å²) >= 11 is 1.18. The van der Waals surface area contributed by atoms with Crippen LogP contribution >= 0.6 is 11.5 Å². The lowest BCUT2D eigenvalue weighted by atomic mass is 10.0. The number of nitrogens with two attached hydrogens (primary N) is 1. The maximum Gasteiger partial charge on any atom is 0.389 e. The third-order valence-corrected chi connectivity index (χ3v) is 3.27. The number of halogens is 3. The van der Waals surface area contributed by atoms with Crippen LogP contribution in [0.15, 0.2) is 0 Å². The van der Waals surface area contributed by atoms with E-state index in [1.807, 2.05) is 13.8 Å². The number of hydrogen-bond acceptors (Lipinski definition) is 4. The SMILES string of the molecule is CC(C)c1nnsc1C(N)CCCC(F)(F)F. The highest BCUT2D eigenvalue weighted by Crippen LogP contribution is 2.29. The van der Waals surface area contributed by atoms with Gasteiger partial charge < -0.3 is 5.73 Å². The Morgan fingerprint density at radius 3 is 2.53 bits per heavy atom. The fraction of sp³-hybridized carbons (Fsp3) is 0.800. The number of aromatic nitrogens is 2. The zero-order valence-electron chi connectivity index (χ0n) is 9.79. The molecule has 1 rings (SSSR count). The molecule has 3 nitrogen and oxygen atoms in total. The summed E-state index contributed by atoms with van der Waals surface area (Å²) in [5, 5.41) is 3.96. The van der Waals surface area contributed by atoms with Gasteiger partial charge in [0.2, 0.25) is 0 Å². The van der Waals surface area contributed by atoms with E-state index < -0.39 is 18.6 Å². The summed E-state index contributed by atoms with van der Waals surface area (Å²) in [5.41, 5.74) is 6.67. The first-order chi connectivity index (χ1) is 7.81. The Morgan fingerprint density at radius 2 is 2.00 bits per heavy atom. The molecule has 0 saturated carbocycles. The third-order valence-electron chi connectivity index (χ3n) is 2.40. The summed E-state index contributed by atoms with van der Waals surface area (Å²) in [6.07, 6.45) is -4.54. The van der Waals surface area contributed by atoms with Gasteiger partial charge in [-0.3, -0.25) is 0 Å². The molecule has 0 radical (unpaired) electrons. The molecule has 98 valence electrons. The van der Waals surface area contributed by atoms with Gasteiger partial charge in [-0.05, 0) is 30.3 Å². The second-order valence-corrected chi connectivity index (χ2v) is 5.08. The van der Waals surface area contributed by atoms with Crippen LogP contribution in [0.5, 0.6) is 0 Å². The van der Waals surface area contributed by atoms with E-state index in [1.54, 1.807) is 0 Å². The Labute approximate surface area is 102 Å². The molecule has 1 aromatic heterocycles. The van der Waals surface area contributed by atoms with Crippen LogP contribution in [0.3, 0.4) is 0 Å². The first kappa shape index (κ1) is 14.4. The molecular formula is C10H16F3N3S. The van der Waals surface area contributed by atoms with Crippen molar-refractivity contribution >= 4 is 11.5 Å². The largest absolute Gasteiger partial charge is 0.389 e. The molecule has 1 heterocycles. The summed E-state index contributed by atoms with van der Waals surface area (Å²) in [7, 11) is 0. The average Bonchev–Trinajstić information content (AvgIpc) is 2.63. The van der Waals surface area contributed by atoms with Crippen molar-refractivity contribution in [3.8, 4) is 0 Å². The van der Waals surface area contributed by atoms with E-state index in [9.17, 15) is 13.2 Å². The van der Waals surface area contributed by atoms with E-state index in [-0.39, 0.29) is 12.3 Å². The number of nitrogens with zero attached hydrogens (tertiary/aromatic N) is 2. The van der Waals surface area contributed by atoms with Crippen LogP contribution in [0, 0.1) is 0 Å². The molecule has 0 fully saturated rings. The second kappa shape index (κ2) is 5.77. The quantitative estimate of drug-likeness (QED) is 0.889. The molecule has 2 N–H and O–H groups in total. The zero-order valence-corrected chi connectivity index (χ0v) is 10.6.